The summed E-state index contributed by atoms with van der Waals surface area (Å²) < 4.78 is 18.9. The average Bonchev–Trinajstić information content (AvgIpc) is 2.96. The molecule has 0 bridgehead atoms. The van der Waals surface area contributed by atoms with Crippen molar-refractivity contribution in [2.24, 2.45) is 5.73 Å². The Kier molecular flexibility index (Phi) is 4.45. The first kappa shape index (κ1) is 16.1. The zero-order valence-corrected chi connectivity index (χ0v) is 13.9. The summed E-state index contributed by atoms with van der Waals surface area (Å²) in [5.74, 6) is 0.118. The Balaban J connectivity index is 1.55. The van der Waals surface area contributed by atoms with Crippen molar-refractivity contribution in [3.05, 3.63) is 45.8 Å². The van der Waals surface area contributed by atoms with E-state index in [-0.39, 0.29) is 11.5 Å². The number of hydrogen-bond donors (Lipinski definition) is 2. The van der Waals surface area contributed by atoms with Gasteiger partial charge >= 0.3 is 0 Å². The van der Waals surface area contributed by atoms with Crippen molar-refractivity contribution in [3.8, 4) is 0 Å². The lowest BCUT2D eigenvalue weighted by atomic mass is 9.77. The van der Waals surface area contributed by atoms with Gasteiger partial charge in [-0.2, -0.15) is 4.98 Å². The first-order chi connectivity index (χ1) is 11.0. The van der Waals surface area contributed by atoms with Crippen LogP contribution in [0.1, 0.15) is 41.3 Å². The summed E-state index contributed by atoms with van der Waals surface area (Å²) in [5.41, 5.74) is 5.91. The van der Waals surface area contributed by atoms with Crippen LogP contribution in [0.2, 0.25) is 0 Å². The van der Waals surface area contributed by atoms with Crippen LogP contribution >= 0.6 is 15.9 Å². The number of amides is 1. The molecule has 122 valence electrons. The van der Waals surface area contributed by atoms with E-state index >= 15 is 0 Å². The summed E-state index contributed by atoms with van der Waals surface area (Å²) in [6, 6.07) is 3.96. The van der Waals surface area contributed by atoms with Gasteiger partial charge in [-0.1, -0.05) is 5.16 Å². The maximum Gasteiger partial charge on any atom is 0.252 e. The van der Waals surface area contributed by atoms with Gasteiger partial charge in [-0.05, 0) is 53.4 Å². The molecular formula is C15H16BrFN4O2. The van der Waals surface area contributed by atoms with Crippen LogP contribution in [0.25, 0.3) is 0 Å². The maximum atomic E-state index is 13.2. The summed E-state index contributed by atoms with van der Waals surface area (Å²) in [4.78, 5) is 16.3. The molecule has 1 aromatic heterocycles. The number of carbonyl (C=O) groups excluding carboxylic acids is 1. The molecule has 1 fully saturated rings. The molecule has 0 aliphatic heterocycles. The summed E-state index contributed by atoms with van der Waals surface area (Å²) in [6.07, 6.45) is 3.17. The Morgan fingerprint density at radius 1 is 1.48 bits per heavy atom. The molecule has 0 atom stereocenters. The van der Waals surface area contributed by atoms with Crippen LogP contribution in [0, 0.1) is 5.82 Å². The van der Waals surface area contributed by atoms with E-state index in [1.54, 1.807) is 0 Å². The molecule has 2 aromatic rings. The predicted molar refractivity (Wildman–Crippen MR) is 84.2 cm³/mol. The van der Waals surface area contributed by atoms with Gasteiger partial charge in [0, 0.05) is 17.4 Å². The first-order valence-electron chi connectivity index (χ1n) is 7.33. The summed E-state index contributed by atoms with van der Waals surface area (Å²) in [7, 11) is 0. The molecule has 6 nitrogen and oxygen atoms in total. The van der Waals surface area contributed by atoms with E-state index < -0.39 is 11.4 Å². The molecule has 0 radical (unpaired) electrons. The Morgan fingerprint density at radius 3 is 2.96 bits per heavy atom. The largest absolute Gasteiger partial charge is 0.351 e. The third-order valence-electron chi connectivity index (χ3n) is 3.96. The van der Waals surface area contributed by atoms with Gasteiger partial charge in [0.1, 0.15) is 5.82 Å². The number of hydrogen-bond acceptors (Lipinski definition) is 5. The fraction of sp³-hybridized carbons (Fsp3) is 0.400. The number of nitrogens with one attached hydrogen (secondary N) is 1. The fourth-order valence-corrected chi connectivity index (χ4v) is 2.82. The molecule has 8 heteroatoms. The zero-order chi connectivity index (χ0) is 16.4. The number of nitrogens with zero attached hydrogens (tertiary/aromatic N) is 2. The molecule has 1 aromatic carbocycles. The lowest BCUT2D eigenvalue weighted by Gasteiger charge is -2.34. The maximum absolute atomic E-state index is 13.2. The van der Waals surface area contributed by atoms with Crippen molar-refractivity contribution < 1.29 is 13.7 Å². The second-order valence-corrected chi connectivity index (χ2v) is 6.51. The van der Waals surface area contributed by atoms with Crippen LogP contribution in [-0.2, 0) is 12.0 Å². The van der Waals surface area contributed by atoms with E-state index in [1.165, 1.54) is 18.2 Å². The van der Waals surface area contributed by atoms with Crippen LogP contribution < -0.4 is 11.1 Å². The molecule has 3 rings (SSSR count). The number of halogens is 2. The van der Waals surface area contributed by atoms with Crippen molar-refractivity contribution >= 4 is 21.8 Å². The highest BCUT2D eigenvalue weighted by molar-refractivity contribution is 9.10. The highest BCUT2D eigenvalue weighted by Gasteiger charge is 2.38. The second kappa shape index (κ2) is 6.37. The SMILES string of the molecule is NC1(c2noc(CCNC(=O)c3cc(F)ccc3Br)n2)CCC1. The van der Waals surface area contributed by atoms with E-state index in [1.807, 2.05) is 0 Å². The van der Waals surface area contributed by atoms with Crippen LogP contribution in [0.5, 0.6) is 0 Å². The van der Waals surface area contributed by atoms with Crippen molar-refractivity contribution in [2.45, 2.75) is 31.2 Å². The zero-order valence-electron chi connectivity index (χ0n) is 12.3. The van der Waals surface area contributed by atoms with Crippen molar-refractivity contribution in [2.75, 3.05) is 6.54 Å². The van der Waals surface area contributed by atoms with Gasteiger partial charge in [-0.3, -0.25) is 4.79 Å². The second-order valence-electron chi connectivity index (χ2n) is 5.65. The van der Waals surface area contributed by atoms with E-state index in [0.29, 0.717) is 29.2 Å². The molecule has 0 spiro atoms. The van der Waals surface area contributed by atoms with Gasteiger partial charge in [0.15, 0.2) is 5.82 Å². The molecule has 0 unspecified atom stereocenters. The molecule has 23 heavy (non-hydrogen) atoms. The lowest BCUT2D eigenvalue weighted by molar-refractivity contribution is 0.0952. The van der Waals surface area contributed by atoms with Gasteiger partial charge in [0.05, 0.1) is 11.1 Å². The molecule has 0 saturated heterocycles. The molecule has 1 aliphatic carbocycles. The predicted octanol–water partition coefficient (Wildman–Crippen LogP) is 2.28. The summed E-state index contributed by atoms with van der Waals surface area (Å²) in [5, 5.41) is 6.61. The molecule has 1 amide bonds. The fourth-order valence-electron chi connectivity index (χ4n) is 2.39. The van der Waals surface area contributed by atoms with Crippen LogP contribution in [0.15, 0.2) is 27.2 Å². The minimum Gasteiger partial charge on any atom is -0.351 e. The van der Waals surface area contributed by atoms with Gasteiger partial charge < -0.3 is 15.6 Å². The van der Waals surface area contributed by atoms with Gasteiger partial charge in [-0.15, -0.1) is 0 Å². The molecular weight excluding hydrogens is 367 g/mol. The van der Waals surface area contributed by atoms with Gasteiger partial charge in [0.2, 0.25) is 5.89 Å². The summed E-state index contributed by atoms with van der Waals surface area (Å²) in [6.45, 7) is 0.307. The third-order valence-corrected chi connectivity index (χ3v) is 4.65. The van der Waals surface area contributed by atoms with E-state index in [4.69, 9.17) is 10.3 Å². The Bertz CT molecular complexity index is 730. The molecule has 1 heterocycles. The number of rotatable bonds is 5. The van der Waals surface area contributed by atoms with Crippen molar-refractivity contribution in [1.82, 2.24) is 15.5 Å². The smallest absolute Gasteiger partial charge is 0.252 e. The summed E-state index contributed by atoms with van der Waals surface area (Å²) >= 11 is 3.23. The van der Waals surface area contributed by atoms with Gasteiger partial charge in [-0.25, -0.2) is 4.39 Å². The lowest BCUT2D eigenvalue weighted by Crippen LogP contribution is -2.44. The van der Waals surface area contributed by atoms with Crippen molar-refractivity contribution in [1.29, 1.82) is 0 Å². The number of carbonyl (C=O) groups is 1. The van der Waals surface area contributed by atoms with Gasteiger partial charge in [0.25, 0.3) is 5.91 Å². The number of aromatic nitrogens is 2. The van der Waals surface area contributed by atoms with Crippen molar-refractivity contribution in [3.63, 3.8) is 0 Å². The highest BCUT2D eigenvalue weighted by Crippen LogP contribution is 2.36. The number of nitrogens with two attached hydrogens (primary N) is 1. The molecule has 3 N–H and O–H groups in total. The van der Waals surface area contributed by atoms with E-state index in [0.717, 1.165) is 19.3 Å². The van der Waals surface area contributed by atoms with Crippen LogP contribution in [-0.4, -0.2) is 22.6 Å². The normalized spacial score (nSPS) is 16.0. The molecule has 1 aliphatic rings. The molecule has 1 saturated carbocycles. The minimum atomic E-state index is -0.464. The average molecular weight is 383 g/mol. The third kappa shape index (κ3) is 3.42. The Morgan fingerprint density at radius 2 is 2.26 bits per heavy atom. The van der Waals surface area contributed by atoms with Crippen LogP contribution in [0.4, 0.5) is 4.39 Å². The topological polar surface area (TPSA) is 94.0 Å². The minimum absolute atomic E-state index is 0.242. The highest BCUT2D eigenvalue weighted by atomic mass is 79.9. The first-order valence-corrected chi connectivity index (χ1v) is 8.12. The van der Waals surface area contributed by atoms with Crippen LogP contribution in [0.3, 0.4) is 0 Å². The Hall–Kier alpha value is -1.80. The standard InChI is InChI=1S/C15H16BrFN4O2/c16-11-3-2-9(17)8-10(11)13(22)19-7-4-12-20-14(21-23-12)15(18)5-1-6-15/h2-3,8H,1,4-7,18H2,(H,19,22). The Labute approximate surface area is 140 Å². The monoisotopic (exact) mass is 382 g/mol. The number of benzene rings is 1. The van der Waals surface area contributed by atoms with E-state index in [9.17, 15) is 9.18 Å². The quantitative estimate of drug-likeness (QED) is 0.826. The van der Waals surface area contributed by atoms with E-state index in [2.05, 4.69) is 31.4 Å².